The van der Waals surface area contributed by atoms with E-state index in [0.717, 1.165) is 5.56 Å². The minimum atomic E-state index is -0.0938. The van der Waals surface area contributed by atoms with Gasteiger partial charge in [-0.3, -0.25) is 4.79 Å². The molecule has 0 aliphatic carbocycles. The summed E-state index contributed by atoms with van der Waals surface area (Å²) in [6, 6.07) is 7.46. The SMILES string of the molecule is CC(c1ccccc1Cl)N(C)C(=O)c1cscn1. The molecule has 0 fully saturated rings. The van der Waals surface area contributed by atoms with Gasteiger partial charge in [0, 0.05) is 17.5 Å². The first kappa shape index (κ1) is 13.1. The van der Waals surface area contributed by atoms with Crippen LogP contribution in [0.4, 0.5) is 0 Å². The number of carbonyl (C=O) groups excluding carboxylic acids is 1. The molecule has 94 valence electrons. The van der Waals surface area contributed by atoms with Crippen molar-refractivity contribution in [3.8, 4) is 0 Å². The summed E-state index contributed by atoms with van der Waals surface area (Å²) in [5.41, 5.74) is 3.06. The maximum absolute atomic E-state index is 12.2. The molecule has 0 radical (unpaired) electrons. The summed E-state index contributed by atoms with van der Waals surface area (Å²) < 4.78 is 0. The van der Waals surface area contributed by atoms with Crippen LogP contribution >= 0.6 is 22.9 Å². The molecule has 0 aliphatic heterocycles. The number of hydrogen-bond donors (Lipinski definition) is 0. The van der Waals surface area contributed by atoms with E-state index in [1.165, 1.54) is 11.3 Å². The van der Waals surface area contributed by atoms with Crippen molar-refractivity contribution in [2.45, 2.75) is 13.0 Å². The third-order valence-corrected chi connectivity index (χ3v) is 3.84. The highest BCUT2D eigenvalue weighted by molar-refractivity contribution is 7.07. The number of nitrogens with zero attached hydrogens (tertiary/aromatic N) is 2. The quantitative estimate of drug-likeness (QED) is 0.860. The summed E-state index contributed by atoms with van der Waals surface area (Å²) >= 11 is 7.55. The summed E-state index contributed by atoms with van der Waals surface area (Å²) in [4.78, 5) is 17.8. The van der Waals surface area contributed by atoms with E-state index in [2.05, 4.69) is 4.98 Å². The molecule has 0 saturated heterocycles. The highest BCUT2D eigenvalue weighted by atomic mass is 35.5. The lowest BCUT2D eigenvalue weighted by atomic mass is 10.1. The molecule has 1 aromatic heterocycles. The van der Waals surface area contributed by atoms with E-state index in [1.54, 1.807) is 22.8 Å². The monoisotopic (exact) mass is 280 g/mol. The van der Waals surface area contributed by atoms with Gasteiger partial charge in [-0.05, 0) is 18.6 Å². The molecule has 0 N–H and O–H groups in total. The van der Waals surface area contributed by atoms with E-state index in [-0.39, 0.29) is 11.9 Å². The third kappa shape index (κ3) is 2.54. The van der Waals surface area contributed by atoms with Gasteiger partial charge in [0.05, 0.1) is 11.6 Å². The Morgan fingerprint density at radius 1 is 1.44 bits per heavy atom. The number of aromatic nitrogens is 1. The van der Waals surface area contributed by atoms with Crippen LogP contribution in [0, 0.1) is 0 Å². The molecule has 1 amide bonds. The van der Waals surface area contributed by atoms with E-state index in [4.69, 9.17) is 11.6 Å². The van der Waals surface area contributed by atoms with Crippen LogP contribution in [0.5, 0.6) is 0 Å². The fourth-order valence-corrected chi connectivity index (χ4v) is 2.52. The van der Waals surface area contributed by atoms with Crippen LogP contribution in [-0.2, 0) is 0 Å². The van der Waals surface area contributed by atoms with Crippen molar-refractivity contribution in [3.05, 3.63) is 51.4 Å². The predicted molar refractivity (Wildman–Crippen MR) is 74.1 cm³/mol. The van der Waals surface area contributed by atoms with E-state index in [1.807, 2.05) is 31.2 Å². The van der Waals surface area contributed by atoms with Crippen LogP contribution in [0.15, 0.2) is 35.2 Å². The number of amides is 1. The standard InChI is InChI=1S/C13H13ClN2OS/c1-9(10-5-3-4-6-11(10)14)16(2)13(17)12-7-18-8-15-12/h3-9H,1-2H3. The first-order valence-electron chi connectivity index (χ1n) is 5.51. The molecular formula is C13H13ClN2OS. The van der Waals surface area contributed by atoms with Gasteiger partial charge in [0.25, 0.3) is 5.91 Å². The lowest BCUT2D eigenvalue weighted by Gasteiger charge is -2.25. The zero-order chi connectivity index (χ0) is 13.1. The Labute approximate surface area is 115 Å². The summed E-state index contributed by atoms with van der Waals surface area (Å²) in [6.45, 7) is 1.95. The molecule has 1 aromatic carbocycles. The maximum atomic E-state index is 12.2. The van der Waals surface area contributed by atoms with Gasteiger partial charge in [-0.1, -0.05) is 29.8 Å². The van der Waals surface area contributed by atoms with Crippen LogP contribution in [0.2, 0.25) is 5.02 Å². The number of halogens is 1. The van der Waals surface area contributed by atoms with Crippen molar-refractivity contribution in [1.29, 1.82) is 0 Å². The second kappa shape index (κ2) is 5.50. The van der Waals surface area contributed by atoms with Gasteiger partial charge in [-0.25, -0.2) is 4.98 Å². The minimum absolute atomic E-state index is 0.0899. The van der Waals surface area contributed by atoms with E-state index in [0.29, 0.717) is 10.7 Å². The fourth-order valence-electron chi connectivity index (χ4n) is 1.70. The Morgan fingerprint density at radius 2 is 2.17 bits per heavy atom. The molecule has 1 heterocycles. The Bertz CT molecular complexity index is 542. The smallest absolute Gasteiger partial charge is 0.273 e. The van der Waals surface area contributed by atoms with Gasteiger partial charge >= 0.3 is 0 Å². The zero-order valence-corrected chi connectivity index (χ0v) is 11.7. The normalized spacial score (nSPS) is 12.2. The van der Waals surface area contributed by atoms with Crippen LogP contribution in [0.3, 0.4) is 0 Å². The third-order valence-electron chi connectivity index (χ3n) is 2.91. The molecule has 0 bridgehead atoms. The minimum Gasteiger partial charge on any atom is -0.334 e. The number of hydrogen-bond acceptors (Lipinski definition) is 3. The lowest BCUT2D eigenvalue weighted by Crippen LogP contribution is -2.30. The Balaban J connectivity index is 2.22. The molecule has 3 nitrogen and oxygen atoms in total. The van der Waals surface area contributed by atoms with Crippen molar-refractivity contribution in [2.75, 3.05) is 7.05 Å². The number of benzene rings is 1. The highest BCUT2D eigenvalue weighted by Gasteiger charge is 2.21. The summed E-state index contributed by atoms with van der Waals surface area (Å²) in [5, 5.41) is 2.42. The van der Waals surface area contributed by atoms with E-state index < -0.39 is 0 Å². The Morgan fingerprint density at radius 3 is 2.78 bits per heavy atom. The van der Waals surface area contributed by atoms with Crippen LogP contribution in [-0.4, -0.2) is 22.8 Å². The molecule has 2 rings (SSSR count). The highest BCUT2D eigenvalue weighted by Crippen LogP contribution is 2.27. The molecular weight excluding hydrogens is 268 g/mol. The van der Waals surface area contributed by atoms with E-state index in [9.17, 15) is 4.79 Å². The average molecular weight is 281 g/mol. The maximum Gasteiger partial charge on any atom is 0.273 e. The zero-order valence-electron chi connectivity index (χ0n) is 10.1. The van der Waals surface area contributed by atoms with Gasteiger partial charge in [0.15, 0.2) is 0 Å². The topological polar surface area (TPSA) is 33.2 Å². The van der Waals surface area contributed by atoms with Crippen molar-refractivity contribution in [1.82, 2.24) is 9.88 Å². The summed E-state index contributed by atoms with van der Waals surface area (Å²) in [7, 11) is 1.76. The molecule has 2 aromatic rings. The lowest BCUT2D eigenvalue weighted by molar-refractivity contribution is 0.0737. The second-order valence-electron chi connectivity index (χ2n) is 3.99. The van der Waals surface area contributed by atoms with Crippen molar-refractivity contribution in [3.63, 3.8) is 0 Å². The number of carbonyl (C=O) groups is 1. The van der Waals surface area contributed by atoms with E-state index >= 15 is 0 Å². The molecule has 0 spiro atoms. The molecule has 18 heavy (non-hydrogen) atoms. The Kier molecular flexibility index (Phi) is 3.99. The van der Waals surface area contributed by atoms with Crippen molar-refractivity contribution in [2.24, 2.45) is 0 Å². The molecule has 0 aliphatic rings. The van der Waals surface area contributed by atoms with Crippen molar-refractivity contribution >= 4 is 28.8 Å². The van der Waals surface area contributed by atoms with Gasteiger partial charge in [0.1, 0.15) is 5.69 Å². The van der Waals surface area contributed by atoms with Crippen molar-refractivity contribution < 1.29 is 4.79 Å². The molecule has 1 unspecified atom stereocenters. The second-order valence-corrected chi connectivity index (χ2v) is 5.11. The average Bonchev–Trinajstić information content (AvgIpc) is 2.90. The largest absolute Gasteiger partial charge is 0.334 e. The fraction of sp³-hybridized carbons (Fsp3) is 0.231. The van der Waals surface area contributed by atoms with Crippen LogP contribution in [0.25, 0.3) is 0 Å². The first-order valence-corrected chi connectivity index (χ1v) is 6.83. The molecule has 5 heteroatoms. The van der Waals surface area contributed by atoms with Crippen LogP contribution in [0.1, 0.15) is 29.0 Å². The summed E-state index contributed by atoms with van der Waals surface area (Å²) in [5.74, 6) is -0.0938. The van der Waals surface area contributed by atoms with Gasteiger partial charge in [-0.2, -0.15) is 0 Å². The van der Waals surface area contributed by atoms with Crippen LogP contribution < -0.4 is 0 Å². The molecule has 1 atom stereocenters. The van der Waals surface area contributed by atoms with Gasteiger partial charge in [0.2, 0.25) is 0 Å². The van der Waals surface area contributed by atoms with Gasteiger partial charge in [-0.15, -0.1) is 11.3 Å². The number of rotatable bonds is 3. The van der Waals surface area contributed by atoms with Gasteiger partial charge < -0.3 is 4.90 Å². The first-order chi connectivity index (χ1) is 8.61. The molecule has 0 saturated carbocycles. The predicted octanol–water partition coefficient (Wildman–Crippen LogP) is 3.63. The number of thiazole rings is 1. The Hall–Kier alpha value is -1.39. The summed E-state index contributed by atoms with van der Waals surface area (Å²) in [6.07, 6.45) is 0.